The van der Waals surface area contributed by atoms with Crippen LogP contribution in [0.2, 0.25) is 0 Å². The molecular formula is C15H21N3O3S2. The van der Waals surface area contributed by atoms with Crippen LogP contribution in [0, 0.1) is 0 Å². The molecule has 0 unspecified atom stereocenters. The van der Waals surface area contributed by atoms with Crippen molar-refractivity contribution in [3.8, 4) is 5.75 Å². The highest BCUT2D eigenvalue weighted by molar-refractivity contribution is 7.89. The number of hydrogen-bond donors (Lipinski definition) is 2. The number of ether oxygens (including phenoxy) is 1. The maximum absolute atomic E-state index is 12.6. The first-order valence-corrected chi connectivity index (χ1v) is 9.18. The lowest BCUT2D eigenvalue weighted by Gasteiger charge is -2.18. The summed E-state index contributed by atoms with van der Waals surface area (Å²) in [4.78, 5) is 0.231. The summed E-state index contributed by atoms with van der Waals surface area (Å²) >= 11 is 5.17. The van der Waals surface area contributed by atoms with E-state index in [1.807, 2.05) is 0 Å². The second-order valence-corrected chi connectivity index (χ2v) is 7.44. The van der Waals surface area contributed by atoms with Gasteiger partial charge in [0.1, 0.15) is 5.75 Å². The molecule has 1 aromatic carbocycles. The van der Waals surface area contributed by atoms with Crippen molar-refractivity contribution in [2.45, 2.75) is 17.7 Å². The highest BCUT2D eigenvalue weighted by Crippen LogP contribution is 2.30. The Bertz CT molecular complexity index is 683. The van der Waals surface area contributed by atoms with Gasteiger partial charge in [0.15, 0.2) is 5.11 Å². The summed E-state index contributed by atoms with van der Waals surface area (Å²) in [6.45, 7) is 5.25. The van der Waals surface area contributed by atoms with Gasteiger partial charge >= 0.3 is 0 Å². The number of nitrogens with zero attached hydrogens (tertiary/aromatic N) is 1. The van der Waals surface area contributed by atoms with E-state index in [-0.39, 0.29) is 4.90 Å². The standard InChI is InChI=1S/C15H21N3O3S2/c1-3-8-16-15(22)17-13-11-12(6-7-14(13)21-2)23(19,20)18-9-4-5-10-18/h3,6-7,11H,1,4-5,8-10H2,2H3,(H2,16,17,22). The summed E-state index contributed by atoms with van der Waals surface area (Å²) in [6.07, 6.45) is 3.48. The Morgan fingerprint density at radius 1 is 1.43 bits per heavy atom. The average molecular weight is 355 g/mol. The van der Waals surface area contributed by atoms with Crippen LogP contribution in [-0.2, 0) is 10.0 Å². The van der Waals surface area contributed by atoms with Gasteiger partial charge < -0.3 is 15.4 Å². The molecule has 2 N–H and O–H groups in total. The third kappa shape index (κ3) is 4.21. The van der Waals surface area contributed by atoms with Crippen LogP contribution in [0.15, 0.2) is 35.7 Å². The fraction of sp³-hybridized carbons (Fsp3) is 0.400. The summed E-state index contributed by atoms with van der Waals surface area (Å²) < 4.78 is 32.1. The van der Waals surface area contributed by atoms with Crippen LogP contribution in [0.3, 0.4) is 0 Å². The Hall–Kier alpha value is -1.64. The summed E-state index contributed by atoms with van der Waals surface area (Å²) in [5.74, 6) is 0.521. The lowest BCUT2D eigenvalue weighted by Crippen LogP contribution is -2.29. The van der Waals surface area contributed by atoms with Crippen molar-refractivity contribution in [3.63, 3.8) is 0 Å². The van der Waals surface area contributed by atoms with Gasteiger partial charge in [-0.1, -0.05) is 6.08 Å². The molecule has 1 aliphatic heterocycles. The van der Waals surface area contributed by atoms with Crippen LogP contribution >= 0.6 is 12.2 Å². The molecule has 1 aliphatic rings. The molecule has 8 heteroatoms. The maximum Gasteiger partial charge on any atom is 0.243 e. The van der Waals surface area contributed by atoms with Crippen molar-refractivity contribution < 1.29 is 13.2 Å². The van der Waals surface area contributed by atoms with Crippen LogP contribution in [0.4, 0.5) is 5.69 Å². The Morgan fingerprint density at radius 3 is 2.74 bits per heavy atom. The lowest BCUT2D eigenvalue weighted by atomic mass is 10.3. The van der Waals surface area contributed by atoms with Crippen molar-refractivity contribution in [1.29, 1.82) is 0 Å². The highest BCUT2D eigenvalue weighted by atomic mass is 32.2. The smallest absolute Gasteiger partial charge is 0.243 e. The molecule has 0 spiro atoms. The van der Waals surface area contributed by atoms with E-state index in [9.17, 15) is 8.42 Å². The number of rotatable bonds is 6. The van der Waals surface area contributed by atoms with Gasteiger partial charge in [-0.2, -0.15) is 4.31 Å². The van der Waals surface area contributed by atoms with Gasteiger partial charge in [-0.3, -0.25) is 0 Å². The van der Waals surface area contributed by atoms with Crippen molar-refractivity contribution >= 4 is 33.0 Å². The molecule has 0 amide bonds. The second-order valence-electron chi connectivity index (χ2n) is 5.10. The Morgan fingerprint density at radius 2 is 2.13 bits per heavy atom. The van der Waals surface area contributed by atoms with Crippen molar-refractivity contribution in [2.75, 3.05) is 32.1 Å². The van der Waals surface area contributed by atoms with Crippen LogP contribution in [-0.4, -0.2) is 44.6 Å². The molecule has 0 atom stereocenters. The fourth-order valence-electron chi connectivity index (χ4n) is 2.35. The van der Waals surface area contributed by atoms with Gasteiger partial charge in [0.05, 0.1) is 17.7 Å². The van der Waals surface area contributed by atoms with E-state index in [0.29, 0.717) is 36.2 Å². The van der Waals surface area contributed by atoms with E-state index in [1.54, 1.807) is 24.3 Å². The molecule has 0 bridgehead atoms. The number of methoxy groups -OCH3 is 1. The van der Waals surface area contributed by atoms with Crippen LogP contribution in [0.5, 0.6) is 5.75 Å². The summed E-state index contributed by atoms with van der Waals surface area (Å²) in [7, 11) is -1.96. The SMILES string of the molecule is C=CCNC(=S)Nc1cc(S(=O)(=O)N2CCCC2)ccc1OC. The van der Waals surface area contributed by atoms with Crippen molar-refractivity contribution in [1.82, 2.24) is 9.62 Å². The number of thiocarbonyl (C=S) groups is 1. The topological polar surface area (TPSA) is 70.7 Å². The molecule has 126 valence electrons. The van der Waals surface area contributed by atoms with E-state index in [0.717, 1.165) is 12.8 Å². The maximum atomic E-state index is 12.6. The Labute approximate surface area is 142 Å². The van der Waals surface area contributed by atoms with Crippen LogP contribution < -0.4 is 15.4 Å². The minimum atomic E-state index is -3.48. The van der Waals surface area contributed by atoms with Gasteiger partial charge in [-0.05, 0) is 43.3 Å². The molecule has 2 rings (SSSR count). The van der Waals surface area contributed by atoms with Crippen molar-refractivity contribution in [2.24, 2.45) is 0 Å². The molecule has 1 fully saturated rings. The fourth-order valence-corrected chi connectivity index (χ4v) is 4.09. The van der Waals surface area contributed by atoms with Gasteiger partial charge in [0, 0.05) is 19.6 Å². The first-order chi connectivity index (χ1) is 11.0. The van der Waals surface area contributed by atoms with Gasteiger partial charge in [0.25, 0.3) is 0 Å². The number of hydrogen-bond acceptors (Lipinski definition) is 4. The summed E-state index contributed by atoms with van der Waals surface area (Å²) in [5, 5.41) is 6.27. The second kappa shape index (κ2) is 7.76. The van der Waals surface area contributed by atoms with Gasteiger partial charge in [-0.15, -0.1) is 6.58 Å². The molecule has 1 saturated heterocycles. The third-order valence-corrected chi connectivity index (χ3v) is 5.67. The largest absolute Gasteiger partial charge is 0.495 e. The van der Waals surface area contributed by atoms with Crippen molar-refractivity contribution in [3.05, 3.63) is 30.9 Å². The molecule has 0 aliphatic carbocycles. The number of sulfonamides is 1. The van der Waals surface area contributed by atoms with E-state index < -0.39 is 10.0 Å². The molecule has 1 heterocycles. The zero-order valence-corrected chi connectivity index (χ0v) is 14.7. The molecule has 0 radical (unpaired) electrons. The Kier molecular flexibility index (Phi) is 5.97. The van der Waals surface area contributed by atoms with Gasteiger partial charge in [0.2, 0.25) is 10.0 Å². The highest BCUT2D eigenvalue weighted by Gasteiger charge is 2.27. The summed E-state index contributed by atoms with van der Waals surface area (Å²) in [5.41, 5.74) is 0.509. The zero-order chi connectivity index (χ0) is 16.9. The lowest BCUT2D eigenvalue weighted by molar-refractivity contribution is 0.416. The minimum Gasteiger partial charge on any atom is -0.495 e. The molecule has 23 heavy (non-hydrogen) atoms. The minimum absolute atomic E-state index is 0.231. The molecule has 1 aromatic rings. The van der Waals surface area contributed by atoms with E-state index in [1.165, 1.54) is 11.4 Å². The van der Waals surface area contributed by atoms with E-state index >= 15 is 0 Å². The molecule has 0 saturated carbocycles. The predicted molar refractivity (Wildman–Crippen MR) is 95.4 cm³/mol. The molecule has 0 aromatic heterocycles. The first kappa shape index (κ1) is 17.7. The molecule has 6 nitrogen and oxygen atoms in total. The number of nitrogens with one attached hydrogen (secondary N) is 2. The monoisotopic (exact) mass is 355 g/mol. The molecular weight excluding hydrogens is 334 g/mol. The quantitative estimate of drug-likeness (QED) is 0.600. The zero-order valence-electron chi connectivity index (χ0n) is 13.0. The van der Waals surface area contributed by atoms with E-state index in [4.69, 9.17) is 17.0 Å². The normalized spacial score (nSPS) is 15.2. The summed E-state index contributed by atoms with van der Waals surface area (Å²) in [6, 6.07) is 4.73. The number of anilines is 1. The van der Waals surface area contributed by atoms with Crippen LogP contribution in [0.25, 0.3) is 0 Å². The first-order valence-electron chi connectivity index (χ1n) is 7.33. The van der Waals surface area contributed by atoms with Gasteiger partial charge in [-0.25, -0.2) is 8.42 Å². The Balaban J connectivity index is 2.27. The van der Waals surface area contributed by atoms with Crippen LogP contribution in [0.1, 0.15) is 12.8 Å². The van der Waals surface area contributed by atoms with E-state index in [2.05, 4.69) is 17.2 Å². The average Bonchev–Trinajstić information content (AvgIpc) is 3.08. The third-order valence-electron chi connectivity index (χ3n) is 3.53. The predicted octanol–water partition coefficient (Wildman–Crippen LogP) is 1.95. The number of benzene rings is 1.